The van der Waals surface area contributed by atoms with Crippen molar-refractivity contribution in [1.29, 1.82) is 0 Å². The van der Waals surface area contributed by atoms with Gasteiger partial charge in [-0.15, -0.1) is 0 Å². The molecule has 0 radical (unpaired) electrons. The van der Waals surface area contributed by atoms with E-state index in [2.05, 4.69) is 15.4 Å². The number of hydrogen-bond acceptors (Lipinski definition) is 3. The van der Waals surface area contributed by atoms with Crippen molar-refractivity contribution in [1.82, 2.24) is 24.6 Å². The molecule has 0 aliphatic carbocycles. The lowest BCUT2D eigenvalue weighted by atomic mass is 10.2. The highest BCUT2D eigenvalue weighted by Gasteiger charge is 2.29. The quantitative estimate of drug-likeness (QED) is 0.934. The van der Waals surface area contributed by atoms with Crippen LogP contribution >= 0.6 is 0 Å². The van der Waals surface area contributed by atoms with E-state index >= 15 is 0 Å². The molecule has 1 N–H and O–H groups in total. The minimum atomic E-state index is -4.36. The summed E-state index contributed by atoms with van der Waals surface area (Å²) in [5.41, 5.74) is 0.857. The van der Waals surface area contributed by atoms with E-state index in [0.717, 1.165) is 24.9 Å². The van der Waals surface area contributed by atoms with Gasteiger partial charge in [0.2, 0.25) is 0 Å². The number of hydrogen-bond donors (Lipinski definition) is 1. The van der Waals surface area contributed by atoms with E-state index in [9.17, 15) is 18.0 Å². The molecule has 0 aromatic carbocycles. The second-order valence-electron chi connectivity index (χ2n) is 4.84. The number of carbonyl (C=O) groups excluding carboxylic acids is 1. The summed E-state index contributed by atoms with van der Waals surface area (Å²) in [4.78, 5) is 16.0. The lowest BCUT2D eigenvalue weighted by Gasteiger charge is -2.10. The second kappa shape index (κ2) is 4.90. The average Bonchev–Trinajstić information content (AvgIpc) is 3.04. The zero-order valence-electron chi connectivity index (χ0n) is 10.8. The van der Waals surface area contributed by atoms with E-state index in [-0.39, 0.29) is 11.7 Å². The lowest BCUT2D eigenvalue weighted by molar-refractivity contribution is -0.142. The first-order valence-corrected chi connectivity index (χ1v) is 6.33. The number of aryl methyl sites for hydroxylation is 1. The fourth-order valence-electron chi connectivity index (χ4n) is 2.36. The van der Waals surface area contributed by atoms with Crippen LogP contribution in [0.1, 0.15) is 28.6 Å². The second-order valence-corrected chi connectivity index (χ2v) is 4.84. The Balaban J connectivity index is 1.67. The number of amides is 1. The zero-order chi connectivity index (χ0) is 15.0. The summed E-state index contributed by atoms with van der Waals surface area (Å²) in [6.07, 6.45) is 0.853. The van der Waals surface area contributed by atoms with Crippen molar-refractivity contribution in [3.05, 3.63) is 36.2 Å². The number of nitrogens with zero attached hydrogens (tertiary/aromatic N) is 4. The molecule has 1 atom stereocenters. The predicted octanol–water partition coefficient (Wildman–Crippen LogP) is 1.52. The van der Waals surface area contributed by atoms with Crippen molar-refractivity contribution >= 4 is 5.91 Å². The molecule has 0 bridgehead atoms. The summed E-state index contributed by atoms with van der Waals surface area (Å²) in [6.45, 7) is -0.459. The maximum Gasteiger partial charge on any atom is 0.408 e. The molecule has 1 amide bonds. The lowest BCUT2D eigenvalue weighted by Crippen LogP contribution is -2.28. The molecule has 6 nitrogen and oxygen atoms in total. The SMILES string of the molecule is O=C(NC1CCn2cncc21)c1ccn(CC(F)(F)F)n1. The van der Waals surface area contributed by atoms with E-state index in [1.807, 2.05) is 4.57 Å². The average molecular weight is 299 g/mol. The Kier molecular flexibility index (Phi) is 3.19. The fraction of sp³-hybridized carbons (Fsp3) is 0.417. The summed E-state index contributed by atoms with van der Waals surface area (Å²) in [6, 6.07) is 1.08. The van der Waals surface area contributed by atoms with Gasteiger partial charge in [-0.3, -0.25) is 9.48 Å². The molecule has 2 aromatic heterocycles. The van der Waals surface area contributed by atoms with Crippen molar-refractivity contribution in [3.8, 4) is 0 Å². The highest BCUT2D eigenvalue weighted by atomic mass is 19.4. The first-order chi connectivity index (χ1) is 9.92. The number of nitrogens with one attached hydrogen (secondary N) is 1. The van der Waals surface area contributed by atoms with Gasteiger partial charge in [0.1, 0.15) is 12.2 Å². The summed E-state index contributed by atoms with van der Waals surface area (Å²) in [5, 5.41) is 6.40. The minimum absolute atomic E-state index is 0.0304. The van der Waals surface area contributed by atoms with Gasteiger partial charge >= 0.3 is 6.18 Å². The summed E-state index contributed by atoms with van der Waals surface area (Å²) in [5.74, 6) is -0.490. The van der Waals surface area contributed by atoms with Crippen LogP contribution in [0.15, 0.2) is 24.8 Å². The smallest absolute Gasteiger partial charge is 0.342 e. The molecule has 0 fully saturated rings. The molecule has 1 aliphatic heterocycles. The fourth-order valence-corrected chi connectivity index (χ4v) is 2.36. The molecule has 112 valence electrons. The number of aromatic nitrogens is 4. The van der Waals surface area contributed by atoms with Gasteiger partial charge in [0.05, 0.1) is 24.3 Å². The molecule has 0 saturated heterocycles. The minimum Gasteiger partial charge on any atom is -0.342 e. The summed E-state index contributed by atoms with van der Waals surface area (Å²) >= 11 is 0. The predicted molar refractivity (Wildman–Crippen MR) is 65.3 cm³/mol. The highest BCUT2D eigenvalue weighted by Crippen LogP contribution is 2.25. The Bertz CT molecular complexity index is 660. The first-order valence-electron chi connectivity index (χ1n) is 6.33. The van der Waals surface area contributed by atoms with Gasteiger partial charge in [0.15, 0.2) is 0 Å². The monoisotopic (exact) mass is 299 g/mol. The van der Waals surface area contributed by atoms with E-state index in [1.165, 1.54) is 6.07 Å². The van der Waals surface area contributed by atoms with Crippen LogP contribution in [0.4, 0.5) is 13.2 Å². The van der Waals surface area contributed by atoms with Gasteiger partial charge in [-0.2, -0.15) is 18.3 Å². The standard InChI is InChI=1S/C12H12F3N5O/c13-12(14,15)6-20-4-2-9(18-20)11(21)17-8-1-3-19-7-16-5-10(8)19/h2,4-5,7-8H,1,3,6H2,(H,17,21). The molecule has 2 aromatic rings. The van der Waals surface area contributed by atoms with Gasteiger partial charge in [0, 0.05) is 12.7 Å². The number of carbonyl (C=O) groups is 1. The zero-order valence-corrected chi connectivity index (χ0v) is 10.8. The van der Waals surface area contributed by atoms with Crippen molar-refractivity contribution in [3.63, 3.8) is 0 Å². The third kappa shape index (κ3) is 2.91. The Labute approximate surface area is 117 Å². The molecule has 0 spiro atoms. The highest BCUT2D eigenvalue weighted by molar-refractivity contribution is 5.92. The van der Waals surface area contributed by atoms with Crippen molar-refractivity contribution in [2.75, 3.05) is 0 Å². The maximum atomic E-state index is 12.2. The maximum absolute atomic E-state index is 12.2. The van der Waals surface area contributed by atoms with E-state index in [0.29, 0.717) is 4.68 Å². The van der Waals surface area contributed by atoms with Crippen LogP contribution in [0.2, 0.25) is 0 Å². The third-order valence-corrected chi connectivity index (χ3v) is 3.28. The number of rotatable bonds is 3. The largest absolute Gasteiger partial charge is 0.408 e. The van der Waals surface area contributed by atoms with Crippen LogP contribution in [0.25, 0.3) is 0 Å². The summed E-state index contributed by atoms with van der Waals surface area (Å²) in [7, 11) is 0. The van der Waals surface area contributed by atoms with E-state index in [4.69, 9.17) is 0 Å². The molecular weight excluding hydrogens is 287 g/mol. The first kappa shape index (κ1) is 13.7. The van der Waals surface area contributed by atoms with E-state index in [1.54, 1.807) is 12.5 Å². The van der Waals surface area contributed by atoms with Gasteiger partial charge in [-0.1, -0.05) is 0 Å². The molecular formula is C12H12F3N5O. The van der Waals surface area contributed by atoms with E-state index < -0.39 is 18.6 Å². The molecule has 3 heterocycles. The van der Waals surface area contributed by atoms with Crippen LogP contribution in [-0.2, 0) is 13.1 Å². The molecule has 21 heavy (non-hydrogen) atoms. The van der Waals surface area contributed by atoms with Crippen LogP contribution < -0.4 is 5.32 Å². The molecule has 1 unspecified atom stereocenters. The molecule has 1 aliphatic rings. The van der Waals surface area contributed by atoms with Crippen LogP contribution in [0, 0.1) is 0 Å². The Hall–Kier alpha value is -2.32. The number of alkyl halides is 3. The van der Waals surface area contributed by atoms with Gasteiger partial charge in [-0.25, -0.2) is 4.98 Å². The van der Waals surface area contributed by atoms with Crippen molar-refractivity contribution in [2.24, 2.45) is 0 Å². The number of fused-ring (bicyclic) bond motifs is 1. The number of imidazole rings is 1. The van der Waals surface area contributed by atoms with Crippen LogP contribution in [0.5, 0.6) is 0 Å². The third-order valence-electron chi connectivity index (χ3n) is 3.28. The van der Waals surface area contributed by atoms with Crippen molar-refractivity contribution in [2.45, 2.75) is 31.7 Å². The van der Waals surface area contributed by atoms with Gasteiger partial charge < -0.3 is 9.88 Å². The van der Waals surface area contributed by atoms with Gasteiger partial charge in [0.25, 0.3) is 5.91 Å². The van der Waals surface area contributed by atoms with Crippen LogP contribution in [-0.4, -0.2) is 31.4 Å². The molecule has 3 rings (SSSR count). The normalized spacial score (nSPS) is 17.8. The topological polar surface area (TPSA) is 64.7 Å². The number of halogens is 3. The molecule has 0 saturated carbocycles. The van der Waals surface area contributed by atoms with Crippen molar-refractivity contribution < 1.29 is 18.0 Å². The Morgan fingerprint density at radius 2 is 2.29 bits per heavy atom. The molecule has 9 heteroatoms. The Morgan fingerprint density at radius 1 is 1.48 bits per heavy atom. The van der Waals surface area contributed by atoms with Crippen LogP contribution in [0.3, 0.4) is 0 Å². The Morgan fingerprint density at radius 3 is 3.05 bits per heavy atom. The van der Waals surface area contributed by atoms with Gasteiger partial charge in [-0.05, 0) is 12.5 Å². The summed E-state index contributed by atoms with van der Waals surface area (Å²) < 4.78 is 39.3.